The van der Waals surface area contributed by atoms with Crippen molar-refractivity contribution in [2.75, 3.05) is 0 Å². The van der Waals surface area contributed by atoms with E-state index in [0.29, 0.717) is 0 Å². The van der Waals surface area contributed by atoms with E-state index in [2.05, 4.69) is 302 Å². The molecule has 374 valence electrons. The van der Waals surface area contributed by atoms with Crippen molar-refractivity contribution in [3.05, 3.63) is 297 Å². The van der Waals surface area contributed by atoms with Gasteiger partial charge in [-0.3, -0.25) is 0 Å². The van der Waals surface area contributed by atoms with Crippen LogP contribution in [0.25, 0.3) is 171 Å². The van der Waals surface area contributed by atoms with Gasteiger partial charge in [0.1, 0.15) is 0 Å². The maximum atomic E-state index is 2.42. The van der Waals surface area contributed by atoms with Gasteiger partial charge in [-0.1, -0.05) is 243 Å². The van der Waals surface area contributed by atoms with Gasteiger partial charge in [0.2, 0.25) is 0 Å². The third-order valence-electron chi connectivity index (χ3n) is 17.5. The molecule has 2 aliphatic rings. The number of para-hydroxylation sites is 1. The number of hydrogen-bond acceptors (Lipinski definition) is 0. The third kappa shape index (κ3) is 7.19. The second-order valence-electron chi connectivity index (χ2n) is 21.9. The Morgan fingerprint density at radius 3 is 1.17 bits per heavy atom. The van der Waals surface area contributed by atoms with Gasteiger partial charge in [-0.15, -0.1) is 0 Å². The van der Waals surface area contributed by atoms with Crippen molar-refractivity contribution < 1.29 is 0 Å². The molecule has 1 heteroatoms. The summed E-state index contributed by atoms with van der Waals surface area (Å²) in [5, 5.41) is 7.79. The predicted molar refractivity (Wildman–Crippen MR) is 343 cm³/mol. The quantitative estimate of drug-likeness (QED) is 0.143. The van der Waals surface area contributed by atoms with Gasteiger partial charge >= 0.3 is 0 Å². The SMILES string of the molecule is c1ccc(-c2cccc(-c3ccc4c5c(cccc35)-c3ccc(-c5cccc(-c6cccc(-c7ccc(-n8c9ccccc9c9cc(-c%10ccc(-c%11ccc%12c%13c(cccc%11%13)-c%11ccccc%11-%12)cc%10)ccc98)cc7)c6)c5)cc3-4)c2)cc1. The molecule has 0 fully saturated rings. The van der Waals surface area contributed by atoms with Crippen molar-refractivity contribution in [2.45, 2.75) is 0 Å². The Labute approximate surface area is 470 Å². The van der Waals surface area contributed by atoms with Crippen molar-refractivity contribution in [2.24, 2.45) is 0 Å². The van der Waals surface area contributed by atoms with E-state index in [1.807, 2.05) is 0 Å². The molecule has 81 heavy (non-hydrogen) atoms. The molecule has 0 radical (unpaired) electrons. The number of fused-ring (bicyclic) bond motifs is 9. The van der Waals surface area contributed by atoms with E-state index in [1.54, 1.807) is 0 Å². The molecule has 0 spiro atoms. The number of rotatable bonds is 8. The molecule has 0 atom stereocenters. The van der Waals surface area contributed by atoms with Gasteiger partial charge in [0.05, 0.1) is 11.0 Å². The molecule has 0 bridgehead atoms. The lowest BCUT2D eigenvalue weighted by molar-refractivity contribution is 1.18. The van der Waals surface area contributed by atoms with Gasteiger partial charge in [-0.05, 0) is 199 Å². The smallest absolute Gasteiger partial charge is 0.0541 e. The van der Waals surface area contributed by atoms with Crippen LogP contribution in [0.1, 0.15) is 0 Å². The highest BCUT2D eigenvalue weighted by Crippen LogP contribution is 2.52. The number of hydrogen-bond donors (Lipinski definition) is 0. The summed E-state index contributed by atoms with van der Waals surface area (Å²) in [6.45, 7) is 0. The van der Waals surface area contributed by atoms with E-state index >= 15 is 0 Å². The monoisotopic (exact) mass is 1020 g/mol. The second kappa shape index (κ2) is 18.0. The zero-order valence-electron chi connectivity index (χ0n) is 44.2. The Bertz CT molecular complexity index is 5040. The largest absolute Gasteiger partial charge is 0.309 e. The van der Waals surface area contributed by atoms with Crippen LogP contribution in [0.15, 0.2) is 297 Å². The Balaban J connectivity index is 0.647. The van der Waals surface area contributed by atoms with E-state index in [1.165, 1.54) is 166 Å². The lowest BCUT2D eigenvalue weighted by Crippen LogP contribution is -1.93. The molecular weight excluding hydrogens is 975 g/mol. The first-order chi connectivity index (χ1) is 40.1. The number of aromatic nitrogens is 1. The molecule has 1 nitrogen and oxygen atoms in total. The Hall–Kier alpha value is -10.6. The maximum Gasteiger partial charge on any atom is 0.0541 e. The molecule has 1 aromatic heterocycles. The minimum atomic E-state index is 1.14. The van der Waals surface area contributed by atoms with Crippen LogP contribution < -0.4 is 0 Å². The fraction of sp³-hybridized carbons (Fsp3) is 0. The number of nitrogens with zero attached hydrogens (tertiary/aromatic N) is 1. The highest BCUT2D eigenvalue weighted by molar-refractivity contribution is 6.20. The first-order valence-electron chi connectivity index (χ1n) is 28.1. The normalized spacial score (nSPS) is 12.0. The third-order valence-corrected chi connectivity index (χ3v) is 17.5. The molecule has 0 aliphatic heterocycles. The molecule has 0 amide bonds. The summed E-state index contributed by atoms with van der Waals surface area (Å²) < 4.78 is 2.42. The molecule has 17 rings (SSSR count). The zero-order valence-corrected chi connectivity index (χ0v) is 44.2. The summed E-state index contributed by atoms with van der Waals surface area (Å²) >= 11 is 0. The molecule has 2 aliphatic carbocycles. The van der Waals surface area contributed by atoms with Gasteiger partial charge in [0, 0.05) is 16.5 Å². The molecule has 15 aromatic rings. The highest BCUT2D eigenvalue weighted by Gasteiger charge is 2.25. The highest BCUT2D eigenvalue weighted by atomic mass is 15.0. The predicted octanol–water partition coefficient (Wildman–Crippen LogP) is 22.1. The van der Waals surface area contributed by atoms with E-state index in [-0.39, 0.29) is 0 Å². The zero-order chi connectivity index (χ0) is 53.1. The summed E-state index contributed by atoms with van der Waals surface area (Å²) in [6, 6.07) is 110. The van der Waals surface area contributed by atoms with Crippen LogP contribution in [-0.4, -0.2) is 4.57 Å². The second-order valence-corrected chi connectivity index (χ2v) is 21.9. The average molecular weight is 1020 g/mol. The van der Waals surface area contributed by atoms with E-state index in [0.717, 1.165) is 5.69 Å². The van der Waals surface area contributed by atoms with Crippen LogP contribution in [0.5, 0.6) is 0 Å². The maximum absolute atomic E-state index is 2.42. The minimum absolute atomic E-state index is 1.14. The Morgan fingerprint density at radius 2 is 0.519 bits per heavy atom. The molecule has 0 unspecified atom stereocenters. The topological polar surface area (TPSA) is 4.93 Å². The van der Waals surface area contributed by atoms with Crippen LogP contribution in [0, 0.1) is 0 Å². The van der Waals surface area contributed by atoms with Crippen molar-refractivity contribution in [3.63, 3.8) is 0 Å². The summed E-state index contributed by atoms with van der Waals surface area (Å²) in [4.78, 5) is 0. The van der Waals surface area contributed by atoms with E-state index in [9.17, 15) is 0 Å². The standard InChI is InChI=1S/C80H49N/c1-2-13-50(14-3-1)55-16-10-20-61(47-55)64-41-43-74-75-48-60(35-39-67(75)72-27-12-25-70(64)80(72)74)58-19-9-18-57(46-58)56-17-8-15-54(45-56)52-33-37-62(38-34-52)81-77-28-7-6-23-68(77)76-49-59(36-44-78(76)81)51-29-31-53(32-30-51)63-40-42-73-66-22-5-4-21-65(66)71-26-11-24-69(63)79(71)73/h1-49H. The van der Waals surface area contributed by atoms with Crippen LogP contribution in [0.3, 0.4) is 0 Å². The summed E-state index contributed by atoms with van der Waals surface area (Å²) in [7, 11) is 0. The molecule has 0 N–H and O–H groups in total. The summed E-state index contributed by atoms with van der Waals surface area (Å²) in [6.07, 6.45) is 0. The van der Waals surface area contributed by atoms with Crippen LogP contribution in [0.4, 0.5) is 0 Å². The first-order valence-corrected chi connectivity index (χ1v) is 28.1. The van der Waals surface area contributed by atoms with E-state index in [4.69, 9.17) is 0 Å². The molecule has 1 heterocycles. The van der Waals surface area contributed by atoms with Crippen molar-refractivity contribution >= 4 is 43.4 Å². The van der Waals surface area contributed by atoms with Crippen molar-refractivity contribution in [1.29, 1.82) is 0 Å². The van der Waals surface area contributed by atoms with Gasteiger partial charge < -0.3 is 4.57 Å². The van der Waals surface area contributed by atoms with E-state index < -0.39 is 0 Å². The first kappa shape index (κ1) is 45.4. The number of benzene rings is 14. The van der Waals surface area contributed by atoms with Gasteiger partial charge in [0.15, 0.2) is 0 Å². The molecule has 0 saturated carbocycles. The van der Waals surface area contributed by atoms with Gasteiger partial charge in [-0.25, -0.2) is 0 Å². The Kier molecular flexibility index (Phi) is 10.1. The fourth-order valence-corrected chi connectivity index (χ4v) is 13.7. The lowest BCUT2D eigenvalue weighted by Gasteiger charge is -2.12. The fourth-order valence-electron chi connectivity index (χ4n) is 13.7. The van der Waals surface area contributed by atoms with Crippen LogP contribution >= 0.6 is 0 Å². The molecule has 0 saturated heterocycles. The van der Waals surface area contributed by atoms with Crippen molar-refractivity contribution in [3.8, 4) is 128 Å². The van der Waals surface area contributed by atoms with Gasteiger partial charge in [-0.2, -0.15) is 0 Å². The van der Waals surface area contributed by atoms with Gasteiger partial charge in [0.25, 0.3) is 0 Å². The molecule has 14 aromatic carbocycles. The summed E-state index contributed by atoms with van der Waals surface area (Å²) in [5.41, 5.74) is 31.1. The molecular formula is C80H49N. The van der Waals surface area contributed by atoms with Crippen molar-refractivity contribution in [1.82, 2.24) is 4.57 Å². The average Bonchev–Trinajstić information content (AvgIpc) is 4.22. The van der Waals surface area contributed by atoms with Crippen LogP contribution in [-0.2, 0) is 0 Å². The lowest BCUT2D eigenvalue weighted by atomic mass is 9.92. The Morgan fingerprint density at radius 1 is 0.160 bits per heavy atom. The van der Waals surface area contributed by atoms with Crippen LogP contribution in [0.2, 0.25) is 0 Å². The minimum Gasteiger partial charge on any atom is -0.309 e. The summed E-state index contributed by atoms with van der Waals surface area (Å²) in [5.74, 6) is 0.